The lowest BCUT2D eigenvalue weighted by molar-refractivity contribution is 0.147. The third-order valence-corrected chi connectivity index (χ3v) is 3.86. The van der Waals surface area contributed by atoms with Gasteiger partial charge in [-0.3, -0.25) is 0 Å². The van der Waals surface area contributed by atoms with Crippen LogP contribution in [-0.2, 0) is 0 Å². The first-order chi connectivity index (χ1) is 9.22. The van der Waals surface area contributed by atoms with Crippen molar-refractivity contribution in [1.82, 2.24) is 4.90 Å². The molecule has 1 aromatic carbocycles. The van der Waals surface area contributed by atoms with Gasteiger partial charge in [0, 0.05) is 6.54 Å². The van der Waals surface area contributed by atoms with Gasteiger partial charge in [-0.1, -0.05) is 18.2 Å². The van der Waals surface area contributed by atoms with Crippen LogP contribution in [0.5, 0.6) is 5.75 Å². The van der Waals surface area contributed by atoms with Gasteiger partial charge in [0.2, 0.25) is 0 Å². The minimum atomic E-state index is -0.100. The number of ether oxygens (including phenoxy) is 1. The van der Waals surface area contributed by atoms with E-state index < -0.39 is 0 Å². The Hall–Kier alpha value is -1.53. The highest BCUT2D eigenvalue weighted by atomic mass is 16.5. The Labute approximate surface area is 115 Å². The summed E-state index contributed by atoms with van der Waals surface area (Å²) in [6.45, 7) is 5.97. The van der Waals surface area contributed by atoms with Gasteiger partial charge in [-0.05, 0) is 51.4 Å². The molecule has 1 aromatic rings. The van der Waals surface area contributed by atoms with E-state index in [0.717, 1.165) is 51.3 Å². The molecular weight excluding hydrogens is 236 g/mol. The maximum atomic E-state index is 9.09. The molecule has 1 aliphatic rings. The van der Waals surface area contributed by atoms with Crippen molar-refractivity contribution in [2.45, 2.75) is 26.2 Å². The van der Waals surface area contributed by atoms with E-state index in [1.165, 1.54) is 0 Å². The first-order valence-corrected chi connectivity index (χ1v) is 7.03. The molecule has 0 N–H and O–H groups in total. The summed E-state index contributed by atoms with van der Waals surface area (Å²) in [4.78, 5) is 2.44. The number of nitrogens with zero attached hydrogens (tertiary/aromatic N) is 2. The minimum absolute atomic E-state index is 0.100. The van der Waals surface area contributed by atoms with Crippen LogP contribution in [0, 0.1) is 16.7 Å². The molecule has 1 heterocycles. The smallest absolute Gasteiger partial charge is 0.119 e. The summed E-state index contributed by atoms with van der Waals surface area (Å²) in [5.74, 6) is 0.943. The second-order valence-corrected chi connectivity index (χ2v) is 5.53. The average Bonchev–Trinajstić information content (AvgIpc) is 2.47. The molecule has 0 aromatic heterocycles. The molecule has 2 rings (SSSR count). The molecule has 0 unspecified atom stereocenters. The van der Waals surface area contributed by atoms with Crippen LogP contribution >= 0.6 is 0 Å². The highest BCUT2D eigenvalue weighted by Gasteiger charge is 2.29. The van der Waals surface area contributed by atoms with E-state index in [4.69, 9.17) is 10.00 Å². The first-order valence-electron chi connectivity index (χ1n) is 7.03. The van der Waals surface area contributed by atoms with E-state index in [-0.39, 0.29) is 5.41 Å². The summed E-state index contributed by atoms with van der Waals surface area (Å²) in [5.41, 5.74) is -0.100. The fourth-order valence-electron chi connectivity index (χ4n) is 2.38. The largest absolute Gasteiger partial charge is 0.494 e. The Kier molecular flexibility index (Phi) is 4.81. The average molecular weight is 258 g/mol. The second-order valence-electron chi connectivity index (χ2n) is 5.53. The number of nitriles is 1. The summed E-state index contributed by atoms with van der Waals surface area (Å²) in [6.07, 6.45) is 3.02. The highest BCUT2D eigenvalue weighted by molar-refractivity contribution is 5.20. The summed E-state index contributed by atoms with van der Waals surface area (Å²) < 4.78 is 5.68. The topological polar surface area (TPSA) is 36.3 Å². The number of benzene rings is 1. The summed E-state index contributed by atoms with van der Waals surface area (Å²) in [6, 6.07) is 12.4. The van der Waals surface area contributed by atoms with E-state index in [1.54, 1.807) is 0 Å². The van der Waals surface area contributed by atoms with Gasteiger partial charge >= 0.3 is 0 Å². The molecule has 1 fully saturated rings. The van der Waals surface area contributed by atoms with Crippen LogP contribution < -0.4 is 4.74 Å². The number of likely N-dealkylation sites (tertiary alicyclic amines) is 1. The molecule has 1 saturated heterocycles. The summed E-state index contributed by atoms with van der Waals surface area (Å²) >= 11 is 0. The molecule has 3 nitrogen and oxygen atoms in total. The molecule has 0 bridgehead atoms. The molecule has 1 aliphatic heterocycles. The van der Waals surface area contributed by atoms with Gasteiger partial charge in [0.15, 0.2) is 0 Å². The van der Waals surface area contributed by atoms with Crippen molar-refractivity contribution in [3.8, 4) is 11.8 Å². The fourth-order valence-corrected chi connectivity index (χ4v) is 2.38. The number of para-hydroxylation sites is 1. The predicted octanol–water partition coefficient (Wildman–Crippen LogP) is 3.08. The SMILES string of the molecule is CC1(C#N)CCN(CCCOc2ccccc2)CC1. The maximum Gasteiger partial charge on any atom is 0.119 e. The maximum absolute atomic E-state index is 9.09. The zero-order chi connectivity index (χ0) is 13.6. The van der Waals surface area contributed by atoms with Crippen LogP contribution in [0.25, 0.3) is 0 Å². The molecule has 0 aliphatic carbocycles. The number of piperidine rings is 1. The summed E-state index contributed by atoms with van der Waals surface area (Å²) in [7, 11) is 0. The quantitative estimate of drug-likeness (QED) is 0.761. The van der Waals surface area contributed by atoms with Gasteiger partial charge in [0.05, 0.1) is 18.1 Å². The fraction of sp³-hybridized carbons (Fsp3) is 0.562. The Morgan fingerprint density at radius 1 is 1.26 bits per heavy atom. The molecule has 102 valence electrons. The minimum Gasteiger partial charge on any atom is -0.494 e. The van der Waals surface area contributed by atoms with Gasteiger partial charge in [-0.2, -0.15) is 5.26 Å². The monoisotopic (exact) mass is 258 g/mol. The first kappa shape index (κ1) is 13.9. The van der Waals surface area contributed by atoms with E-state index in [1.807, 2.05) is 30.3 Å². The van der Waals surface area contributed by atoms with Crippen LogP contribution in [0.1, 0.15) is 26.2 Å². The van der Waals surface area contributed by atoms with Gasteiger partial charge in [0.1, 0.15) is 5.75 Å². The Balaban J connectivity index is 1.61. The Morgan fingerprint density at radius 3 is 2.58 bits per heavy atom. The molecule has 0 spiro atoms. The van der Waals surface area contributed by atoms with E-state index in [9.17, 15) is 0 Å². The number of hydrogen-bond donors (Lipinski definition) is 0. The molecule has 0 radical (unpaired) electrons. The third-order valence-electron chi connectivity index (χ3n) is 3.86. The van der Waals surface area contributed by atoms with Crippen molar-refractivity contribution >= 4 is 0 Å². The van der Waals surface area contributed by atoms with Crippen LogP contribution in [0.4, 0.5) is 0 Å². The molecule has 0 amide bonds. The van der Waals surface area contributed by atoms with Crippen LogP contribution in [0.15, 0.2) is 30.3 Å². The van der Waals surface area contributed by atoms with E-state index in [2.05, 4.69) is 17.9 Å². The predicted molar refractivity (Wildman–Crippen MR) is 75.9 cm³/mol. The van der Waals surface area contributed by atoms with Crippen molar-refractivity contribution < 1.29 is 4.74 Å². The van der Waals surface area contributed by atoms with Crippen molar-refractivity contribution in [3.05, 3.63) is 30.3 Å². The van der Waals surface area contributed by atoms with Crippen molar-refractivity contribution in [3.63, 3.8) is 0 Å². The lowest BCUT2D eigenvalue weighted by Gasteiger charge is -2.34. The Morgan fingerprint density at radius 2 is 1.95 bits per heavy atom. The molecule has 0 saturated carbocycles. The lowest BCUT2D eigenvalue weighted by atomic mass is 9.82. The van der Waals surface area contributed by atoms with Crippen LogP contribution in [-0.4, -0.2) is 31.1 Å². The van der Waals surface area contributed by atoms with Crippen LogP contribution in [0.3, 0.4) is 0 Å². The van der Waals surface area contributed by atoms with Crippen molar-refractivity contribution in [2.75, 3.05) is 26.2 Å². The van der Waals surface area contributed by atoms with Gasteiger partial charge in [0.25, 0.3) is 0 Å². The number of rotatable bonds is 5. The molecular formula is C16H22N2O. The molecule has 3 heteroatoms. The van der Waals surface area contributed by atoms with Crippen molar-refractivity contribution in [2.24, 2.45) is 5.41 Å². The Bertz CT molecular complexity index is 416. The number of hydrogen-bond acceptors (Lipinski definition) is 3. The van der Waals surface area contributed by atoms with E-state index in [0.29, 0.717) is 0 Å². The lowest BCUT2D eigenvalue weighted by Crippen LogP contribution is -2.38. The second kappa shape index (κ2) is 6.58. The zero-order valence-electron chi connectivity index (χ0n) is 11.6. The molecule has 0 atom stereocenters. The van der Waals surface area contributed by atoms with Gasteiger partial charge in [-0.15, -0.1) is 0 Å². The van der Waals surface area contributed by atoms with Crippen molar-refractivity contribution in [1.29, 1.82) is 5.26 Å². The summed E-state index contributed by atoms with van der Waals surface area (Å²) in [5, 5.41) is 9.09. The standard InChI is InChI=1S/C16H22N2O/c1-16(14-17)8-11-18(12-9-16)10-5-13-19-15-6-3-2-4-7-15/h2-4,6-7H,5,8-13H2,1H3. The third kappa shape index (κ3) is 4.25. The van der Waals surface area contributed by atoms with E-state index >= 15 is 0 Å². The zero-order valence-corrected chi connectivity index (χ0v) is 11.6. The normalized spacial score (nSPS) is 18.7. The highest BCUT2D eigenvalue weighted by Crippen LogP contribution is 2.29. The van der Waals surface area contributed by atoms with Gasteiger partial charge in [-0.25, -0.2) is 0 Å². The van der Waals surface area contributed by atoms with Gasteiger partial charge < -0.3 is 9.64 Å². The van der Waals surface area contributed by atoms with Crippen LogP contribution in [0.2, 0.25) is 0 Å². The molecule has 19 heavy (non-hydrogen) atoms.